The molecule has 2 rings (SSSR count). The van der Waals surface area contributed by atoms with Crippen molar-refractivity contribution in [2.45, 2.75) is 19.9 Å². The third-order valence-corrected chi connectivity index (χ3v) is 3.75. The Bertz CT molecular complexity index is 775. The van der Waals surface area contributed by atoms with Gasteiger partial charge in [-0.1, -0.05) is 50.3 Å². The quantitative estimate of drug-likeness (QED) is 0.404. The third-order valence-electron chi connectivity index (χ3n) is 3.75. The van der Waals surface area contributed by atoms with Gasteiger partial charge < -0.3 is 9.73 Å². The second kappa shape index (κ2) is 9.39. The molecule has 0 aliphatic carbocycles. The fraction of sp³-hybridized carbons (Fsp3) is 0.200. The van der Waals surface area contributed by atoms with Crippen molar-refractivity contribution < 1.29 is 19.2 Å². The topological polar surface area (TPSA) is 91.6 Å². The zero-order chi connectivity index (χ0) is 18.9. The van der Waals surface area contributed by atoms with E-state index in [1.165, 1.54) is 0 Å². The lowest BCUT2D eigenvalue weighted by Gasteiger charge is -2.20. The highest BCUT2D eigenvalue weighted by Crippen LogP contribution is 2.09. The van der Waals surface area contributed by atoms with Gasteiger partial charge in [-0.25, -0.2) is 5.48 Å². The second-order valence-electron chi connectivity index (χ2n) is 6.07. The highest BCUT2D eigenvalue weighted by atomic mass is 16.5. The predicted molar refractivity (Wildman–Crippen MR) is 99.2 cm³/mol. The van der Waals surface area contributed by atoms with E-state index in [-0.39, 0.29) is 11.8 Å². The molecule has 1 aromatic carbocycles. The minimum Gasteiger partial charge on any atom is -0.472 e. The fourth-order valence-corrected chi connectivity index (χ4v) is 2.28. The molecule has 136 valence electrons. The maximum atomic E-state index is 12.3. The van der Waals surface area contributed by atoms with Crippen LogP contribution in [-0.4, -0.2) is 23.1 Å². The number of furan rings is 1. The number of hydrogen-bond donors (Lipinski definition) is 3. The van der Waals surface area contributed by atoms with Gasteiger partial charge in [0.15, 0.2) is 0 Å². The largest absolute Gasteiger partial charge is 0.472 e. The molecule has 0 saturated carbocycles. The van der Waals surface area contributed by atoms with Crippen molar-refractivity contribution in [2.24, 2.45) is 5.92 Å². The zero-order valence-electron chi connectivity index (χ0n) is 14.7. The molecular weight excluding hydrogens is 332 g/mol. The van der Waals surface area contributed by atoms with Crippen LogP contribution in [-0.2, 0) is 4.79 Å². The van der Waals surface area contributed by atoms with E-state index in [0.717, 1.165) is 11.1 Å². The first-order valence-corrected chi connectivity index (χ1v) is 8.23. The van der Waals surface area contributed by atoms with Crippen LogP contribution in [0.1, 0.15) is 35.3 Å². The Kier molecular flexibility index (Phi) is 6.93. The normalized spacial score (nSPS) is 12.6. The van der Waals surface area contributed by atoms with Gasteiger partial charge in [-0.2, -0.15) is 0 Å². The van der Waals surface area contributed by atoms with Crippen LogP contribution >= 0.6 is 0 Å². The van der Waals surface area contributed by atoms with Crippen LogP contribution in [0.15, 0.2) is 59.4 Å². The molecule has 0 fully saturated rings. The van der Waals surface area contributed by atoms with Gasteiger partial charge in [0, 0.05) is 11.1 Å². The summed E-state index contributed by atoms with van der Waals surface area (Å²) in [5, 5.41) is 11.4. The van der Waals surface area contributed by atoms with Gasteiger partial charge in [0.1, 0.15) is 6.04 Å². The minimum absolute atomic E-state index is 0.157. The van der Waals surface area contributed by atoms with Gasteiger partial charge in [-0.05, 0) is 29.7 Å². The average Bonchev–Trinajstić information content (AvgIpc) is 3.16. The summed E-state index contributed by atoms with van der Waals surface area (Å²) in [6.07, 6.45) is 10.9. The maximum absolute atomic E-state index is 12.3. The van der Waals surface area contributed by atoms with Crippen LogP contribution in [0.25, 0.3) is 12.2 Å². The average molecular weight is 354 g/mol. The summed E-state index contributed by atoms with van der Waals surface area (Å²) in [5.41, 5.74) is 3.93. The van der Waals surface area contributed by atoms with Crippen LogP contribution in [0.2, 0.25) is 0 Å². The molecule has 0 saturated heterocycles. The molecule has 0 aliphatic heterocycles. The molecule has 6 nitrogen and oxygen atoms in total. The van der Waals surface area contributed by atoms with Crippen molar-refractivity contribution in [3.63, 3.8) is 0 Å². The predicted octanol–water partition coefficient (Wildman–Crippen LogP) is 3.27. The number of hydroxylamine groups is 1. The van der Waals surface area contributed by atoms with Gasteiger partial charge in [0.05, 0.1) is 12.5 Å². The first-order chi connectivity index (χ1) is 12.5. The van der Waals surface area contributed by atoms with Gasteiger partial charge in [-0.15, -0.1) is 0 Å². The number of hydrogen-bond acceptors (Lipinski definition) is 4. The van der Waals surface area contributed by atoms with E-state index in [1.807, 2.05) is 42.5 Å². The van der Waals surface area contributed by atoms with Gasteiger partial charge >= 0.3 is 0 Å². The van der Waals surface area contributed by atoms with Crippen LogP contribution in [0.4, 0.5) is 0 Å². The second-order valence-corrected chi connectivity index (χ2v) is 6.07. The summed E-state index contributed by atoms with van der Waals surface area (Å²) in [6, 6.07) is 8.05. The van der Waals surface area contributed by atoms with Crippen LogP contribution in [0.3, 0.4) is 0 Å². The number of benzene rings is 1. The lowest BCUT2D eigenvalue weighted by atomic mass is 10.0. The summed E-state index contributed by atoms with van der Waals surface area (Å²) in [6.45, 7) is 3.57. The molecule has 2 amide bonds. The number of amides is 2. The molecule has 0 aliphatic rings. The van der Waals surface area contributed by atoms with Crippen LogP contribution < -0.4 is 10.8 Å². The van der Waals surface area contributed by atoms with E-state index >= 15 is 0 Å². The molecule has 1 atom stereocenters. The van der Waals surface area contributed by atoms with E-state index < -0.39 is 11.9 Å². The summed E-state index contributed by atoms with van der Waals surface area (Å²) < 4.78 is 4.98. The van der Waals surface area contributed by atoms with Crippen molar-refractivity contribution in [1.82, 2.24) is 10.8 Å². The molecule has 3 N–H and O–H groups in total. The fourth-order valence-electron chi connectivity index (χ4n) is 2.28. The summed E-state index contributed by atoms with van der Waals surface area (Å²) >= 11 is 0. The van der Waals surface area contributed by atoms with Crippen LogP contribution in [0.5, 0.6) is 0 Å². The standard InChI is InChI=1S/C20H22N2O4/c1-14(2)18(20(24)22-25)21-19(23)17-9-7-15(8-10-17)5-3-4-6-16-11-12-26-13-16/h3-14,18,25H,1-2H3,(H,21,23)(H,22,24)/b5-3+,6-4+. The van der Waals surface area contributed by atoms with Crippen molar-refractivity contribution >= 4 is 24.0 Å². The summed E-state index contributed by atoms with van der Waals surface area (Å²) in [5.74, 6) is -1.17. The number of nitrogens with one attached hydrogen (secondary N) is 2. The lowest BCUT2D eigenvalue weighted by Crippen LogP contribution is -2.48. The van der Waals surface area contributed by atoms with E-state index in [4.69, 9.17) is 9.62 Å². The molecule has 6 heteroatoms. The maximum Gasteiger partial charge on any atom is 0.266 e. The highest BCUT2D eigenvalue weighted by molar-refractivity contribution is 5.97. The zero-order valence-corrected chi connectivity index (χ0v) is 14.7. The molecule has 1 heterocycles. The molecular formula is C20H22N2O4. The molecule has 0 radical (unpaired) electrons. The summed E-state index contributed by atoms with van der Waals surface area (Å²) in [7, 11) is 0. The van der Waals surface area contributed by atoms with Crippen molar-refractivity contribution in [2.75, 3.05) is 0 Å². The molecule has 26 heavy (non-hydrogen) atoms. The Balaban J connectivity index is 1.97. The Morgan fingerprint density at radius 1 is 1.04 bits per heavy atom. The molecule has 1 aromatic heterocycles. The highest BCUT2D eigenvalue weighted by Gasteiger charge is 2.24. The van der Waals surface area contributed by atoms with Gasteiger partial charge in [0.2, 0.25) is 0 Å². The van der Waals surface area contributed by atoms with Crippen molar-refractivity contribution in [1.29, 1.82) is 0 Å². The van der Waals surface area contributed by atoms with E-state index in [0.29, 0.717) is 5.56 Å². The van der Waals surface area contributed by atoms with Gasteiger partial charge in [-0.3, -0.25) is 14.8 Å². The Morgan fingerprint density at radius 2 is 1.69 bits per heavy atom. The van der Waals surface area contributed by atoms with E-state index in [1.54, 1.807) is 44.0 Å². The molecule has 1 unspecified atom stereocenters. The smallest absolute Gasteiger partial charge is 0.266 e. The van der Waals surface area contributed by atoms with Gasteiger partial charge in [0.25, 0.3) is 11.8 Å². The third kappa shape index (κ3) is 5.46. The van der Waals surface area contributed by atoms with E-state index in [2.05, 4.69) is 5.32 Å². The summed E-state index contributed by atoms with van der Waals surface area (Å²) in [4.78, 5) is 23.9. The molecule has 2 aromatic rings. The Hall–Kier alpha value is -3.12. The molecule has 0 bridgehead atoms. The minimum atomic E-state index is -0.805. The first kappa shape index (κ1) is 19.2. The lowest BCUT2D eigenvalue weighted by molar-refractivity contribution is -0.132. The number of carbonyl (C=O) groups is 2. The van der Waals surface area contributed by atoms with E-state index in [9.17, 15) is 9.59 Å². The Morgan fingerprint density at radius 3 is 2.23 bits per heavy atom. The SMILES string of the molecule is CC(C)C(NC(=O)c1ccc(/C=C/C=C/c2ccoc2)cc1)C(=O)NO. The number of rotatable bonds is 7. The van der Waals surface area contributed by atoms with Crippen LogP contribution in [0, 0.1) is 5.92 Å². The van der Waals surface area contributed by atoms with Crippen molar-refractivity contribution in [3.05, 3.63) is 71.7 Å². The Labute approximate surface area is 152 Å². The monoisotopic (exact) mass is 354 g/mol. The molecule has 0 spiro atoms. The van der Waals surface area contributed by atoms with Crippen molar-refractivity contribution in [3.8, 4) is 0 Å². The first-order valence-electron chi connectivity index (χ1n) is 8.23. The number of carbonyl (C=O) groups excluding carboxylic acids is 2. The number of allylic oxidation sites excluding steroid dienone is 2.